The standard InChI is InChI=1S/C11H11FN2O5/c1-13(6-10(15)19-2)11(16)8-5-7(14(17)18)3-4-9(8)12/h3-5H,6H2,1-2H3. The predicted molar refractivity (Wildman–Crippen MR) is 62.0 cm³/mol. The van der Waals surface area contributed by atoms with Gasteiger partial charge in [0.1, 0.15) is 12.4 Å². The van der Waals surface area contributed by atoms with Crippen molar-refractivity contribution in [2.75, 3.05) is 20.7 Å². The van der Waals surface area contributed by atoms with Crippen molar-refractivity contribution in [2.24, 2.45) is 0 Å². The molecule has 0 radical (unpaired) electrons. The van der Waals surface area contributed by atoms with Gasteiger partial charge in [-0.05, 0) is 6.07 Å². The Bertz CT molecular complexity index is 532. The van der Waals surface area contributed by atoms with Gasteiger partial charge in [-0.2, -0.15) is 0 Å². The second kappa shape index (κ2) is 5.89. The molecule has 0 fully saturated rings. The van der Waals surface area contributed by atoms with Gasteiger partial charge in [0, 0.05) is 19.2 Å². The third-order valence-electron chi connectivity index (χ3n) is 2.33. The predicted octanol–water partition coefficient (Wildman–Crippen LogP) is 0.979. The summed E-state index contributed by atoms with van der Waals surface area (Å²) in [5, 5.41) is 10.6. The molecule has 0 N–H and O–H groups in total. The summed E-state index contributed by atoms with van der Waals surface area (Å²) >= 11 is 0. The monoisotopic (exact) mass is 270 g/mol. The highest BCUT2D eigenvalue weighted by Gasteiger charge is 2.21. The molecule has 0 atom stereocenters. The third-order valence-corrected chi connectivity index (χ3v) is 2.33. The Kier molecular flexibility index (Phi) is 4.51. The normalized spacial score (nSPS) is 9.84. The molecule has 1 aromatic rings. The lowest BCUT2D eigenvalue weighted by atomic mass is 10.1. The Morgan fingerprint density at radius 3 is 2.63 bits per heavy atom. The summed E-state index contributed by atoms with van der Waals surface area (Å²) in [5.74, 6) is -2.42. The molecule has 1 amide bonds. The molecule has 0 bridgehead atoms. The number of nitro benzene ring substituents is 1. The van der Waals surface area contributed by atoms with E-state index in [2.05, 4.69) is 4.74 Å². The van der Waals surface area contributed by atoms with Gasteiger partial charge in [-0.3, -0.25) is 19.7 Å². The Morgan fingerprint density at radius 2 is 2.11 bits per heavy atom. The van der Waals surface area contributed by atoms with E-state index in [1.807, 2.05) is 0 Å². The van der Waals surface area contributed by atoms with Crippen LogP contribution in [0.25, 0.3) is 0 Å². The molecule has 0 aliphatic carbocycles. The van der Waals surface area contributed by atoms with Crippen LogP contribution in [-0.2, 0) is 9.53 Å². The molecule has 7 nitrogen and oxygen atoms in total. The van der Waals surface area contributed by atoms with Crippen LogP contribution >= 0.6 is 0 Å². The van der Waals surface area contributed by atoms with Crippen LogP contribution < -0.4 is 0 Å². The number of ether oxygens (including phenoxy) is 1. The Labute approximate surface area is 107 Å². The zero-order valence-electron chi connectivity index (χ0n) is 10.3. The van der Waals surface area contributed by atoms with Crippen molar-refractivity contribution in [3.63, 3.8) is 0 Å². The van der Waals surface area contributed by atoms with E-state index in [0.717, 1.165) is 30.2 Å². The number of carbonyl (C=O) groups excluding carboxylic acids is 2. The quantitative estimate of drug-likeness (QED) is 0.462. The number of hydrogen-bond donors (Lipinski definition) is 0. The Balaban J connectivity index is 3.01. The van der Waals surface area contributed by atoms with Crippen LogP contribution in [0, 0.1) is 15.9 Å². The molecule has 0 aliphatic rings. The molecule has 1 aromatic carbocycles. The number of hydrogen-bond acceptors (Lipinski definition) is 5. The highest BCUT2D eigenvalue weighted by molar-refractivity contribution is 5.96. The molecule has 1 rings (SSSR count). The number of likely N-dealkylation sites (N-methyl/N-ethyl adjacent to an activating group) is 1. The summed E-state index contributed by atoms with van der Waals surface area (Å²) in [7, 11) is 2.41. The van der Waals surface area contributed by atoms with Gasteiger partial charge in [0.15, 0.2) is 0 Å². The SMILES string of the molecule is COC(=O)CN(C)C(=O)c1cc([N+](=O)[O-])ccc1F. The fourth-order valence-electron chi connectivity index (χ4n) is 1.33. The Hall–Kier alpha value is -2.51. The summed E-state index contributed by atoms with van der Waals surface area (Å²) < 4.78 is 17.8. The van der Waals surface area contributed by atoms with Crippen LogP contribution in [0.15, 0.2) is 18.2 Å². The summed E-state index contributed by atoms with van der Waals surface area (Å²) in [6, 6.07) is 2.61. The van der Waals surface area contributed by atoms with Crippen molar-refractivity contribution in [1.82, 2.24) is 4.90 Å². The summed E-state index contributed by atoms with van der Waals surface area (Å²) in [5.41, 5.74) is -0.878. The minimum atomic E-state index is -0.896. The van der Waals surface area contributed by atoms with Crippen LogP contribution in [-0.4, -0.2) is 42.4 Å². The molecular weight excluding hydrogens is 259 g/mol. The first-order valence-electron chi connectivity index (χ1n) is 5.13. The lowest BCUT2D eigenvalue weighted by molar-refractivity contribution is -0.384. The van der Waals surface area contributed by atoms with Crippen molar-refractivity contribution in [2.45, 2.75) is 0 Å². The first kappa shape index (κ1) is 14.6. The summed E-state index contributed by atoms with van der Waals surface area (Å²) in [6.07, 6.45) is 0. The van der Waals surface area contributed by atoms with Crippen molar-refractivity contribution in [3.8, 4) is 0 Å². The number of esters is 1. The maximum absolute atomic E-state index is 13.5. The maximum Gasteiger partial charge on any atom is 0.325 e. The molecule has 0 unspecified atom stereocenters. The van der Waals surface area contributed by atoms with Gasteiger partial charge in [-0.25, -0.2) is 4.39 Å². The lowest BCUT2D eigenvalue weighted by Gasteiger charge is -2.15. The molecule has 0 heterocycles. The smallest absolute Gasteiger partial charge is 0.325 e. The third kappa shape index (κ3) is 3.47. The number of halogens is 1. The molecule has 0 saturated carbocycles. The van der Waals surface area contributed by atoms with Gasteiger partial charge in [-0.1, -0.05) is 0 Å². The zero-order chi connectivity index (χ0) is 14.6. The maximum atomic E-state index is 13.5. The summed E-state index contributed by atoms with van der Waals surface area (Å²) in [4.78, 5) is 33.6. The minimum absolute atomic E-state index is 0.378. The largest absolute Gasteiger partial charge is 0.468 e. The van der Waals surface area contributed by atoms with Crippen molar-refractivity contribution in [3.05, 3.63) is 39.7 Å². The number of nitro groups is 1. The van der Waals surface area contributed by atoms with Gasteiger partial charge in [-0.15, -0.1) is 0 Å². The molecule has 102 valence electrons. The number of carbonyl (C=O) groups is 2. The van der Waals surface area contributed by atoms with E-state index in [9.17, 15) is 24.1 Å². The van der Waals surface area contributed by atoms with E-state index >= 15 is 0 Å². The van der Waals surface area contributed by atoms with E-state index in [1.165, 1.54) is 7.05 Å². The van der Waals surface area contributed by atoms with Crippen molar-refractivity contribution in [1.29, 1.82) is 0 Å². The number of amides is 1. The molecule has 0 aliphatic heterocycles. The van der Waals surface area contributed by atoms with Crippen molar-refractivity contribution < 1.29 is 23.6 Å². The number of benzene rings is 1. The highest BCUT2D eigenvalue weighted by atomic mass is 19.1. The van der Waals surface area contributed by atoms with E-state index in [4.69, 9.17) is 0 Å². The number of methoxy groups -OCH3 is 1. The van der Waals surface area contributed by atoms with Gasteiger partial charge in [0.05, 0.1) is 17.6 Å². The molecule has 19 heavy (non-hydrogen) atoms. The number of nitrogens with zero attached hydrogens (tertiary/aromatic N) is 2. The van der Waals surface area contributed by atoms with Crippen LogP contribution in [0.4, 0.5) is 10.1 Å². The average Bonchev–Trinajstić information content (AvgIpc) is 2.37. The fourth-order valence-corrected chi connectivity index (χ4v) is 1.33. The molecular formula is C11H11FN2O5. The van der Waals surface area contributed by atoms with E-state index in [-0.39, 0.29) is 6.54 Å². The highest BCUT2D eigenvalue weighted by Crippen LogP contribution is 2.18. The van der Waals surface area contributed by atoms with Crippen LogP contribution in [0.5, 0.6) is 0 Å². The van der Waals surface area contributed by atoms with Gasteiger partial charge in [0.2, 0.25) is 0 Å². The molecule has 0 saturated heterocycles. The van der Waals surface area contributed by atoms with Crippen LogP contribution in [0.3, 0.4) is 0 Å². The van der Waals surface area contributed by atoms with E-state index in [1.54, 1.807) is 0 Å². The van der Waals surface area contributed by atoms with E-state index < -0.39 is 33.9 Å². The number of non-ortho nitro benzene ring substituents is 1. The van der Waals surface area contributed by atoms with Gasteiger partial charge >= 0.3 is 5.97 Å². The average molecular weight is 270 g/mol. The first-order valence-corrected chi connectivity index (χ1v) is 5.13. The molecule has 0 spiro atoms. The molecule has 0 aromatic heterocycles. The second-order valence-electron chi connectivity index (χ2n) is 3.66. The van der Waals surface area contributed by atoms with Crippen molar-refractivity contribution >= 4 is 17.6 Å². The van der Waals surface area contributed by atoms with Crippen LogP contribution in [0.1, 0.15) is 10.4 Å². The second-order valence-corrected chi connectivity index (χ2v) is 3.66. The first-order chi connectivity index (χ1) is 8.86. The lowest BCUT2D eigenvalue weighted by Crippen LogP contribution is -2.33. The summed E-state index contributed by atoms with van der Waals surface area (Å²) in [6.45, 7) is -0.378. The van der Waals surface area contributed by atoms with Gasteiger partial charge in [0.25, 0.3) is 11.6 Å². The Morgan fingerprint density at radius 1 is 1.47 bits per heavy atom. The minimum Gasteiger partial charge on any atom is -0.468 e. The van der Waals surface area contributed by atoms with E-state index in [0.29, 0.717) is 0 Å². The fraction of sp³-hybridized carbons (Fsp3) is 0.273. The molecule has 8 heteroatoms. The van der Waals surface area contributed by atoms with Gasteiger partial charge < -0.3 is 9.64 Å². The van der Waals surface area contributed by atoms with Crippen LogP contribution in [0.2, 0.25) is 0 Å². The topological polar surface area (TPSA) is 89.8 Å². The zero-order valence-corrected chi connectivity index (χ0v) is 10.3. The number of rotatable bonds is 4.